The molecular formula is C12H18ClN3. The van der Waals surface area contributed by atoms with Gasteiger partial charge in [0, 0.05) is 31.5 Å². The first kappa shape index (κ1) is 11.7. The van der Waals surface area contributed by atoms with Gasteiger partial charge in [0.1, 0.15) is 0 Å². The average molecular weight is 240 g/mol. The van der Waals surface area contributed by atoms with Gasteiger partial charge in [-0.05, 0) is 32.1 Å². The number of rotatable bonds is 2. The molecule has 2 rings (SSSR count). The Morgan fingerprint density at radius 3 is 3.00 bits per heavy atom. The van der Waals surface area contributed by atoms with Crippen molar-refractivity contribution < 1.29 is 0 Å². The summed E-state index contributed by atoms with van der Waals surface area (Å²) in [6.45, 7) is 4.51. The Balaban J connectivity index is 2.10. The quantitative estimate of drug-likeness (QED) is 0.736. The highest BCUT2D eigenvalue weighted by molar-refractivity contribution is 6.16. The lowest BCUT2D eigenvalue weighted by Gasteiger charge is -2.22. The maximum Gasteiger partial charge on any atom is 0.0648 e. The van der Waals surface area contributed by atoms with E-state index >= 15 is 0 Å². The Labute approximate surface area is 102 Å². The van der Waals surface area contributed by atoms with Crippen molar-refractivity contribution in [3.05, 3.63) is 24.0 Å². The number of aromatic nitrogens is 1. The summed E-state index contributed by atoms with van der Waals surface area (Å²) in [7, 11) is 2.18. The molecule has 1 aliphatic heterocycles. The van der Waals surface area contributed by atoms with Crippen molar-refractivity contribution in [2.24, 2.45) is 0 Å². The fraction of sp³-hybridized carbons (Fsp3) is 0.583. The molecule has 4 heteroatoms. The molecule has 1 aromatic heterocycles. The van der Waals surface area contributed by atoms with E-state index in [4.69, 9.17) is 11.6 Å². The smallest absolute Gasteiger partial charge is 0.0648 e. The van der Waals surface area contributed by atoms with Gasteiger partial charge in [-0.1, -0.05) is 0 Å². The molecule has 0 N–H and O–H groups in total. The zero-order valence-corrected chi connectivity index (χ0v) is 10.5. The molecule has 0 spiro atoms. The number of alkyl halides is 1. The number of halogens is 1. The number of likely N-dealkylation sites (N-methyl/N-ethyl adjacent to an activating group) is 1. The second kappa shape index (κ2) is 5.51. The van der Waals surface area contributed by atoms with Gasteiger partial charge in [-0.15, -0.1) is 11.6 Å². The van der Waals surface area contributed by atoms with E-state index in [1.165, 1.54) is 18.7 Å². The van der Waals surface area contributed by atoms with Gasteiger partial charge >= 0.3 is 0 Å². The van der Waals surface area contributed by atoms with Crippen molar-refractivity contribution in [2.75, 3.05) is 38.1 Å². The Bertz CT molecular complexity index is 343. The molecule has 2 heterocycles. The van der Waals surface area contributed by atoms with Gasteiger partial charge in [0.2, 0.25) is 0 Å². The Hall–Kier alpha value is -0.800. The van der Waals surface area contributed by atoms with Crippen molar-refractivity contribution >= 4 is 17.3 Å². The van der Waals surface area contributed by atoms with Crippen LogP contribution in [0.1, 0.15) is 12.1 Å². The van der Waals surface area contributed by atoms with Crippen molar-refractivity contribution in [2.45, 2.75) is 12.3 Å². The lowest BCUT2D eigenvalue weighted by molar-refractivity contribution is 0.360. The maximum atomic E-state index is 5.80. The van der Waals surface area contributed by atoms with Crippen LogP contribution in [0.25, 0.3) is 0 Å². The van der Waals surface area contributed by atoms with Crippen LogP contribution in [0.4, 0.5) is 5.69 Å². The molecule has 0 atom stereocenters. The van der Waals surface area contributed by atoms with E-state index in [-0.39, 0.29) is 0 Å². The van der Waals surface area contributed by atoms with Crippen LogP contribution in [-0.4, -0.2) is 43.1 Å². The topological polar surface area (TPSA) is 19.4 Å². The fourth-order valence-electron chi connectivity index (χ4n) is 2.04. The van der Waals surface area contributed by atoms with Crippen LogP contribution in [-0.2, 0) is 5.88 Å². The van der Waals surface area contributed by atoms with Gasteiger partial charge in [0.05, 0.1) is 11.6 Å². The minimum Gasteiger partial charge on any atom is -0.370 e. The van der Waals surface area contributed by atoms with Crippen LogP contribution in [0.15, 0.2) is 18.3 Å². The predicted molar refractivity (Wildman–Crippen MR) is 68.1 cm³/mol. The number of pyridine rings is 1. The molecule has 16 heavy (non-hydrogen) atoms. The van der Waals surface area contributed by atoms with Crippen LogP contribution in [0.2, 0.25) is 0 Å². The molecule has 0 unspecified atom stereocenters. The van der Waals surface area contributed by atoms with Crippen LogP contribution in [0.3, 0.4) is 0 Å². The molecule has 1 aromatic rings. The Kier molecular flexibility index (Phi) is 4.02. The van der Waals surface area contributed by atoms with E-state index in [2.05, 4.69) is 34.0 Å². The minimum atomic E-state index is 0.488. The third kappa shape index (κ3) is 2.86. The molecular weight excluding hydrogens is 222 g/mol. The number of hydrogen-bond donors (Lipinski definition) is 0. The van der Waals surface area contributed by atoms with Gasteiger partial charge < -0.3 is 9.80 Å². The summed E-state index contributed by atoms with van der Waals surface area (Å²) >= 11 is 5.80. The minimum absolute atomic E-state index is 0.488. The lowest BCUT2D eigenvalue weighted by atomic mass is 10.3. The Morgan fingerprint density at radius 1 is 1.31 bits per heavy atom. The van der Waals surface area contributed by atoms with Crippen LogP contribution in [0.5, 0.6) is 0 Å². The van der Waals surface area contributed by atoms with Crippen LogP contribution < -0.4 is 4.90 Å². The third-order valence-corrected chi connectivity index (χ3v) is 3.30. The largest absolute Gasteiger partial charge is 0.370 e. The maximum absolute atomic E-state index is 5.80. The SMILES string of the molecule is CN1CCCN(c2ccnc(CCl)c2)CC1. The zero-order valence-electron chi connectivity index (χ0n) is 9.69. The fourth-order valence-corrected chi connectivity index (χ4v) is 2.19. The number of hydrogen-bond acceptors (Lipinski definition) is 3. The van der Waals surface area contributed by atoms with Crippen molar-refractivity contribution in [1.29, 1.82) is 0 Å². The molecule has 1 aliphatic rings. The summed E-state index contributed by atoms with van der Waals surface area (Å²) in [5, 5.41) is 0. The Morgan fingerprint density at radius 2 is 2.19 bits per heavy atom. The van der Waals surface area contributed by atoms with Crippen molar-refractivity contribution in [3.63, 3.8) is 0 Å². The van der Waals surface area contributed by atoms with E-state index in [1.807, 2.05) is 6.20 Å². The van der Waals surface area contributed by atoms with E-state index in [1.54, 1.807) is 0 Å². The lowest BCUT2D eigenvalue weighted by Crippen LogP contribution is -2.28. The molecule has 1 fully saturated rings. The molecule has 0 radical (unpaired) electrons. The van der Waals surface area contributed by atoms with E-state index in [9.17, 15) is 0 Å². The van der Waals surface area contributed by atoms with Crippen molar-refractivity contribution in [3.8, 4) is 0 Å². The molecule has 0 aromatic carbocycles. The summed E-state index contributed by atoms with van der Waals surface area (Å²) in [5.74, 6) is 0.488. The van der Waals surface area contributed by atoms with Crippen LogP contribution >= 0.6 is 11.6 Å². The standard InChI is InChI=1S/C12H18ClN3/c1-15-5-2-6-16(8-7-15)12-3-4-14-11(9-12)10-13/h3-4,9H,2,5-8,10H2,1H3. The summed E-state index contributed by atoms with van der Waals surface area (Å²) < 4.78 is 0. The predicted octanol–water partition coefficient (Wildman–Crippen LogP) is 1.96. The average Bonchev–Trinajstić information content (AvgIpc) is 2.54. The first-order chi connectivity index (χ1) is 7.79. The van der Waals surface area contributed by atoms with E-state index in [0.717, 1.165) is 25.3 Å². The summed E-state index contributed by atoms with van der Waals surface area (Å²) in [5.41, 5.74) is 2.21. The summed E-state index contributed by atoms with van der Waals surface area (Å²) in [4.78, 5) is 9.02. The highest BCUT2D eigenvalue weighted by Crippen LogP contribution is 2.17. The number of anilines is 1. The molecule has 0 saturated carbocycles. The van der Waals surface area contributed by atoms with Gasteiger partial charge in [-0.25, -0.2) is 0 Å². The highest BCUT2D eigenvalue weighted by Gasteiger charge is 2.12. The molecule has 0 aliphatic carbocycles. The first-order valence-corrected chi connectivity index (χ1v) is 6.27. The van der Waals surface area contributed by atoms with Gasteiger partial charge in [-0.3, -0.25) is 4.98 Å². The van der Waals surface area contributed by atoms with E-state index in [0.29, 0.717) is 5.88 Å². The monoisotopic (exact) mass is 239 g/mol. The zero-order chi connectivity index (χ0) is 11.4. The molecule has 1 saturated heterocycles. The molecule has 88 valence electrons. The highest BCUT2D eigenvalue weighted by atomic mass is 35.5. The number of nitrogens with zero attached hydrogens (tertiary/aromatic N) is 3. The summed E-state index contributed by atoms with van der Waals surface area (Å²) in [6, 6.07) is 4.17. The summed E-state index contributed by atoms with van der Waals surface area (Å²) in [6.07, 6.45) is 3.07. The van der Waals surface area contributed by atoms with E-state index < -0.39 is 0 Å². The third-order valence-electron chi connectivity index (χ3n) is 3.02. The van der Waals surface area contributed by atoms with Gasteiger partial charge in [-0.2, -0.15) is 0 Å². The van der Waals surface area contributed by atoms with Gasteiger partial charge in [0.25, 0.3) is 0 Å². The second-order valence-electron chi connectivity index (χ2n) is 4.28. The van der Waals surface area contributed by atoms with Crippen LogP contribution in [0, 0.1) is 0 Å². The van der Waals surface area contributed by atoms with Crippen molar-refractivity contribution in [1.82, 2.24) is 9.88 Å². The second-order valence-corrected chi connectivity index (χ2v) is 4.55. The normalized spacial score (nSPS) is 18.5. The first-order valence-electron chi connectivity index (χ1n) is 5.74. The van der Waals surface area contributed by atoms with Gasteiger partial charge in [0.15, 0.2) is 0 Å². The molecule has 3 nitrogen and oxygen atoms in total. The molecule has 0 bridgehead atoms. The molecule has 0 amide bonds.